The molecule has 8 heteroatoms. The highest BCUT2D eigenvalue weighted by atomic mass is 32.1. The zero-order valence-corrected chi connectivity index (χ0v) is 23.5. The van der Waals surface area contributed by atoms with Crippen molar-refractivity contribution < 1.29 is 19.1 Å². The highest BCUT2D eigenvalue weighted by Gasteiger charge is 2.35. The highest BCUT2D eigenvalue weighted by molar-refractivity contribution is 7.10. The molecule has 40 heavy (non-hydrogen) atoms. The van der Waals surface area contributed by atoms with Crippen molar-refractivity contribution in [3.63, 3.8) is 0 Å². The standard InChI is InChI=1S/C32H31N3O4S/c1-32(2,3)21-15-20(16-23-7-6-14-40-23)29-25(17-21)28(24-8-4-5-9-26(24)35-29)31(38)39-18-27(36)34-22-12-10-19(11-13-22)30(33)37/h4-14,16,21H,15,17-18H2,1-3H3,(H2,33,37)(H,34,36). The van der Waals surface area contributed by atoms with Crippen LogP contribution in [0.3, 0.4) is 0 Å². The van der Waals surface area contributed by atoms with Crippen molar-refractivity contribution in [2.75, 3.05) is 11.9 Å². The van der Waals surface area contributed by atoms with E-state index in [4.69, 9.17) is 15.5 Å². The van der Waals surface area contributed by atoms with E-state index >= 15 is 0 Å². The Morgan fingerprint density at radius 2 is 1.80 bits per heavy atom. The maximum absolute atomic E-state index is 13.7. The first-order chi connectivity index (χ1) is 19.1. The maximum atomic E-state index is 13.7. The Labute approximate surface area is 237 Å². The molecule has 1 atom stereocenters. The lowest BCUT2D eigenvalue weighted by atomic mass is 9.69. The second-order valence-corrected chi connectivity index (χ2v) is 12.0. The zero-order valence-electron chi connectivity index (χ0n) is 22.7. The van der Waals surface area contributed by atoms with Crippen LogP contribution in [-0.4, -0.2) is 29.4 Å². The number of carbonyl (C=O) groups is 3. The number of para-hydroxylation sites is 1. The van der Waals surface area contributed by atoms with E-state index in [1.54, 1.807) is 23.5 Å². The molecule has 5 rings (SSSR count). The van der Waals surface area contributed by atoms with Crippen LogP contribution in [0.2, 0.25) is 0 Å². The molecule has 0 bridgehead atoms. The van der Waals surface area contributed by atoms with Gasteiger partial charge < -0.3 is 15.8 Å². The van der Waals surface area contributed by atoms with Crippen molar-refractivity contribution in [2.45, 2.75) is 33.6 Å². The third-order valence-electron chi connectivity index (χ3n) is 7.29. The van der Waals surface area contributed by atoms with Crippen LogP contribution in [-0.2, 0) is 16.0 Å². The molecule has 2 heterocycles. The number of pyridine rings is 1. The minimum Gasteiger partial charge on any atom is -0.452 e. The van der Waals surface area contributed by atoms with Crippen LogP contribution in [0.15, 0.2) is 66.0 Å². The van der Waals surface area contributed by atoms with Crippen LogP contribution in [0, 0.1) is 11.3 Å². The predicted octanol–water partition coefficient (Wildman–Crippen LogP) is 6.34. The van der Waals surface area contributed by atoms with E-state index < -0.39 is 24.4 Å². The van der Waals surface area contributed by atoms with Gasteiger partial charge in [0.15, 0.2) is 6.61 Å². The van der Waals surface area contributed by atoms with Gasteiger partial charge in [-0.25, -0.2) is 9.78 Å². The molecule has 2 aromatic heterocycles. The molecule has 0 aliphatic heterocycles. The van der Waals surface area contributed by atoms with Crippen molar-refractivity contribution in [1.82, 2.24) is 4.98 Å². The molecule has 0 saturated heterocycles. The SMILES string of the molecule is CC(C)(C)C1CC(=Cc2cccs2)c2nc3ccccc3c(C(=O)OCC(=O)Nc3ccc(C(N)=O)cc3)c2C1. The quantitative estimate of drug-likeness (QED) is 0.271. The summed E-state index contributed by atoms with van der Waals surface area (Å²) in [5, 5.41) is 5.44. The van der Waals surface area contributed by atoms with Crippen LogP contribution in [0.5, 0.6) is 0 Å². The lowest BCUT2D eigenvalue weighted by Gasteiger charge is -2.36. The highest BCUT2D eigenvalue weighted by Crippen LogP contribution is 2.45. The van der Waals surface area contributed by atoms with Gasteiger partial charge in [0.2, 0.25) is 5.91 Å². The van der Waals surface area contributed by atoms with Gasteiger partial charge in [-0.05, 0) is 83.2 Å². The summed E-state index contributed by atoms with van der Waals surface area (Å²) in [4.78, 5) is 43.8. The van der Waals surface area contributed by atoms with E-state index in [9.17, 15) is 14.4 Å². The maximum Gasteiger partial charge on any atom is 0.339 e. The molecule has 2 aromatic carbocycles. The van der Waals surface area contributed by atoms with Gasteiger partial charge in [-0.1, -0.05) is 45.0 Å². The molecule has 4 aromatic rings. The number of nitrogens with zero attached hydrogens (tertiary/aromatic N) is 1. The summed E-state index contributed by atoms with van der Waals surface area (Å²) >= 11 is 1.67. The van der Waals surface area contributed by atoms with E-state index in [2.05, 4.69) is 38.2 Å². The van der Waals surface area contributed by atoms with Gasteiger partial charge in [-0.15, -0.1) is 11.3 Å². The number of thiophene rings is 1. The number of hydrogen-bond acceptors (Lipinski definition) is 6. The number of aromatic nitrogens is 1. The lowest BCUT2D eigenvalue weighted by Crippen LogP contribution is -2.29. The fourth-order valence-electron chi connectivity index (χ4n) is 5.03. The zero-order chi connectivity index (χ0) is 28.4. The van der Waals surface area contributed by atoms with Crippen molar-refractivity contribution in [3.8, 4) is 0 Å². The molecule has 2 amide bonds. The molecule has 0 saturated carbocycles. The number of fused-ring (bicyclic) bond motifs is 2. The Hall–Kier alpha value is -4.30. The Bertz CT molecular complexity index is 1620. The molecular weight excluding hydrogens is 522 g/mol. The fourth-order valence-corrected chi connectivity index (χ4v) is 5.71. The summed E-state index contributed by atoms with van der Waals surface area (Å²) in [6, 6.07) is 17.8. The number of amides is 2. The summed E-state index contributed by atoms with van der Waals surface area (Å²) < 4.78 is 5.59. The Morgan fingerprint density at radius 1 is 1.05 bits per heavy atom. The smallest absolute Gasteiger partial charge is 0.339 e. The molecule has 1 unspecified atom stereocenters. The summed E-state index contributed by atoms with van der Waals surface area (Å²) in [6.45, 7) is 6.21. The van der Waals surface area contributed by atoms with E-state index in [-0.39, 0.29) is 11.3 Å². The molecule has 0 fully saturated rings. The topological polar surface area (TPSA) is 111 Å². The van der Waals surface area contributed by atoms with Gasteiger partial charge >= 0.3 is 5.97 Å². The van der Waals surface area contributed by atoms with E-state index in [0.717, 1.165) is 28.1 Å². The van der Waals surface area contributed by atoms with Crippen LogP contribution in [0.4, 0.5) is 5.69 Å². The average Bonchev–Trinajstić information content (AvgIpc) is 3.43. The Morgan fingerprint density at radius 3 is 2.48 bits per heavy atom. The molecule has 1 aliphatic rings. The van der Waals surface area contributed by atoms with Crippen LogP contribution < -0.4 is 11.1 Å². The molecule has 3 N–H and O–H groups in total. The minimum absolute atomic E-state index is 0.00297. The summed E-state index contributed by atoms with van der Waals surface area (Å²) in [6.07, 6.45) is 3.71. The molecule has 204 valence electrons. The number of carbonyl (C=O) groups excluding carboxylic acids is 3. The Kier molecular flexibility index (Phi) is 7.54. The number of nitrogens with two attached hydrogens (primary N) is 1. The van der Waals surface area contributed by atoms with E-state index in [1.807, 2.05) is 35.7 Å². The number of rotatable bonds is 6. The van der Waals surface area contributed by atoms with Gasteiger partial charge in [-0.3, -0.25) is 9.59 Å². The second-order valence-electron chi connectivity index (χ2n) is 11.1. The molecule has 1 aliphatic carbocycles. The number of ether oxygens (including phenoxy) is 1. The summed E-state index contributed by atoms with van der Waals surface area (Å²) in [7, 11) is 0. The largest absolute Gasteiger partial charge is 0.452 e. The molecule has 0 spiro atoms. The number of allylic oxidation sites excluding steroid dienone is 1. The summed E-state index contributed by atoms with van der Waals surface area (Å²) in [5.41, 5.74) is 10.0. The number of benzene rings is 2. The average molecular weight is 554 g/mol. The van der Waals surface area contributed by atoms with Crippen molar-refractivity contribution in [1.29, 1.82) is 0 Å². The monoisotopic (exact) mass is 553 g/mol. The summed E-state index contributed by atoms with van der Waals surface area (Å²) in [5.74, 6) is -1.31. The number of primary amides is 1. The normalized spacial score (nSPS) is 16.0. The van der Waals surface area contributed by atoms with Gasteiger partial charge in [0.25, 0.3) is 5.91 Å². The number of esters is 1. The van der Waals surface area contributed by atoms with Crippen LogP contribution >= 0.6 is 11.3 Å². The molecular formula is C32H31N3O4S. The van der Waals surface area contributed by atoms with Crippen molar-refractivity contribution >= 4 is 57.4 Å². The van der Waals surface area contributed by atoms with Gasteiger partial charge in [0, 0.05) is 21.5 Å². The lowest BCUT2D eigenvalue weighted by molar-refractivity contribution is -0.119. The van der Waals surface area contributed by atoms with Gasteiger partial charge in [0.05, 0.1) is 16.8 Å². The third kappa shape index (κ3) is 5.82. The minimum atomic E-state index is -0.556. The number of anilines is 1. The predicted molar refractivity (Wildman–Crippen MR) is 159 cm³/mol. The first-order valence-electron chi connectivity index (χ1n) is 13.1. The van der Waals surface area contributed by atoms with E-state index in [0.29, 0.717) is 34.1 Å². The van der Waals surface area contributed by atoms with Crippen LogP contribution in [0.1, 0.15) is 64.0 Å². The second kappa shape index (κ2) is 11.1. The van der Waals surface area contributed by atoms with Gasteiger partial charge in [-0.2, -0.15) is 0 Å². The van der Waals surface area contributed by atoms with Crippen LogP contribution in [0.25, 0.3) is 22.6 Å². The van der Waals surface area contributed by atoms with Crippen molar-refractivity contribution in [2.24, 2.45) is 17.1 Å². The fraction of sp³-hybridized carbons (Fsp3) is 0.250. The van der Waals surface area contributed by atoms with Crippen molar-refractivity contribution in [3.05, 3.63) is 93.3 Å². The number of hydrogen-bond donors (Lipinski definition) is 2. The third-order valence-corrected chi connectivity index (χ3v) is 8.11. The van der Waals surface area contributed by atoms with E-state index in [1.165, 1.54) is 12.1 Å². The first-order valence-corrected chi connectivity index (χ1v) is 14.0. The van der Waals surface area contributed by atoms with Gasteiger partial charge in [0.1, 0.15) is 0 Å². The Balaban J connectivity index is 1.48. The molecule has 0 radical (unpaired) electrons. The first kappa shape index (κ1) is 27.3. The number of nitrogens with one attached hydrogen (secondary N) is 1. The molecule has 7 nitrogen and oxygen atoms in total.